The summed E-state index contributed by atoms with van der Waals surface area (Å²) in [5, 5.41) is 11.8. The molecule has 2 saturated heterocycles. The minimum atomic E-state index is -0.824. The van der Waals surface area contributed by atoms with Gasteiger partial charge in [0.25, 0.3) is 5.91 Å². The number of imide groups is 1. The van der Waals surface area contributed by atoms with Gasteiger partial charge in [-0.15, -0.1) is 0 Å². The van der Waals surface area contributed by atoms with Crippen LogP contribution in [0.4, 0.5) is 4.79 Å². The largest absolute Gasteiger partial charge is 0.339 e. The molecule has 1 saturated carbocycles. The Bertz CT molecular complexity index is 901. The smallest absolute Gasteiger partial charge is 0.325 e. The number of piperazine rings is 1. The van der Waals surface area contributed by atoms with Crippen LogP contribution in [0.15, 0.2) is 24.3 Å². The summed E-state index contributed by atoms with van der Waals surface area (Å²) in [5.74, 6) is -0.330. The van der Waals surface area contributed by atoms with E-state index >= 15 is 0 Å². The summed E-state index contributed by atoms with van der Waals surface area (Å²) in [4.78, 5) is 43.5. The standard InChI is InChI=1S/C23H29N5O3/c1-17-4-2-3-9-23(17)21(30)28(22(31)25-23)16-20(29)27-12-10-26(11-13-27)15-19-7-5-18(14-24)6-8-19/h5-8,17H,2-4,9-13,15-16H2,1H3,(H,25,31)/t17-,23+/m0/s1. The number of nitrogens with zero attached hydrogens (tertiary/aromatic N) is 4. The molecular formula is C23H29N5O3. The SMILES string of the molecule is C[C@H]1CCCC[C@@]12NC(=O)N(CC(=O)N1CCN(Cc3ccc(C#N)cc3)CC1)C2=O. The Kier molecular flexibility index (Phi) is 5.96. The van der Waals surface area contributed by atoms with Gasteiger partial charge in [-0.05, 0) is 36.5 Å². The van der Waals surface area contributed by atoms with Crippen molar-refractivity contribution >= 4 is 17.8 Å². The van der Waals surface area contributed by atoms with Crippen molar-refractivity contribution in [3.8, 4) is 6.07 Å². The maximum absolute atomic E-state index is 13.1. The van der Waals surface area contributed by atoms with E-state index in [1.165, 1.54) is 0 Å². The van der Waals surface area contributed by atoms with Crippen molar-refractivity contribution in [2.24, 2.45) is 5.92 Å². The van der Waals surface area contributed by atoms with Gasteiger partial charge in [-0.3, -0.25) is 19.4 Å². The lowest BCUT2D eigenvalue weighted by atomic mass is 9.73. The van der Waals surface area contributed by atoms with Crippen LogP contribution in [0.5, 0.6) is 0 Å². The van der Waals surface area contributed by atoms with Crippen LogP contribution in [0, 0.1) is 17.2 Å². The third kappa shape index (κ3) is 4.15. The van der Waals surface area contributed by atoms with E-state index in [9.17, 15) is 14.4 Å². The van der Waals surface area contributed by atoms with Gasteiger partial charge in [0, 0.05) is 32.7 Å². The monoisotopic (exact) mass is 423 g/mol. The molecule has 31 heavy (non-hydrogen) atoms. The number of hydrogen-bond donors (Lipinski definition) is 1. The minimum Gasteiger partial charge on any atom is -0.339 e. The van der Waals surface area contributed by atoms with Crippen molar-refractivity contribution in [2.45, 2.75) is 44.7 Å². The quantitative estimate of drug-likeness (QED) is 0.744. The Hall–Kier alpha value is -2.92. The summed E-state index contributed by atoms with van der Waals surface area (Å²) in [6.07, 6.45) is 3.55. The normalized spacial score (nSPS) is 26.8. The fourth-order valence-corrected chi connectivity index (χ4v) is 4.97. The molecule has 3 aliphatic rings. The zero-order valence-corrected chi connectivity index (χ0v) is 18.0. The van der Waals surface area contributed by atoms with Gasteiger partial charge in [0.05, 0.1) is 11.6 Å². The Labute approximate surface area is 182 Å². The highest BCUT2D eigenvalue weighted by molar-refractivity contribution is 6.09. The number of hydrogen-bond acceptors (Lipinski definition) is 5. The van der Waals surface area contributed by atoms with Crippen LogP contribution in [-0.4, -0.2) is 70.8 Å². The van der Waals surface area contributed by atoms with Gasteiger partial charge >= 0.3 is 6.03 Å². The summed E-state index contributed by atoms with van der Waals surface area (Å²) in [6, 6.07) is 9.21. The first-order valence-electron chi connectivity index (χ1n) is 11.1. The molecule has 1 N–H and O–H groups in total. The molecule has 8 nitrogen and oxygen atoms in total. The zero-order valence-electron chi connectivity index (χ0n) is 18.0. The average molecular weight is 424 g/mol. The second kappa shape index (κ2) is 8.67. The predicted molar refractivity (Wildman–Crippen MR) is 114 cm³/mol. The van der Waals surface area contributed by atoms with Crippen LogP contribution in [-0.2, 0) is 16.1 Å². The Balaban J connectivity index is 1.30. The molecule has 0 aromatic heterocycles. The fraction of sp³-hybridized carbons (Fsp3) is 0.565. The molecule has 1 aromatic rings. The van der Waals surface area contributed by atoms with Gasteiger partial charge in [-0.2, -0.15) is 5.26 Å². The maximum Gasteiger partial charge on any atom is 0.325 e. The first kappa shape index (κ1) is 21.3. The third-order valence-electron chi connectivity index (χ3n) is 7.01. The van der Waals surface area contributed by atoms with Gasteiger partial charge in [-0.1, -0.05) is 31.9 Å². The lowest BCUT2D eigenvalue weighted by Gasteiger charge is -2.37. The van der Waals surface area contributed by atoms with Gasteiger partial charge in [0.2, 0.25) is 5.91 Å². The summed E-state index contributed by atoms with van der Waals surface area (Å²) in [7, 11) is 0. The molecule has 0 bridgehead atoms. The van der Waals surface area contributed by atoms with Crippen molar-refractivity contribution in [3.05, 3.63) is 35.4 Å². The third-order valence-corrected chi connectivity index (χ3v) is 7.01. The van der Waals surface area contributed by atoms with Crippen LogP contribution in [0.3, 0.4) is 0 Å². The minimum absolute atomic E-state index is 0.0866. The first-order chi connectivity index (χ1) is 14.9. The van der Waals surface area contributed by atoms with E-state index in [4.69, 9.17) is 5.26 Å². The zero-order chi connectivity index (χ0) is 22.0. The van der Waals surface area contributed by atoms with E-state index in [-0.39, 0.29) is 24.3 Å². The number of benzene rings is 1. The lowest BCUT2D eigenvalue weighted by Crippen LogP contribution is -2.54. The van der Waals surface area contributed by atoms with Crippen LogP contribution < -0.4 is 5.32 Å². The molecular weight excluding hydrogens is 394 g/mol. The van der Waals surface area contributed by atoms with E-state index in [0.717, 1.165) is 49.4 Å². The topological polar surface area (TPSA) is 96.8 Å². The lowest BCUT2D eigenvalue weighted by molar-refractivity contribution is -0.141. The highest BCUT2D eigenvalue weighted by atomic mass is 16.2. The predicted octanol–water partition coefficient (Wildman–Crippen LogP) is 1.70. The number of nitriles is 1. The molecule has 1 spiro atoms. The molecule has 1 aromatic carbocycles. The van der Waals surface area contributed by atoms with Gasteiger partial charge < -0.3 is 10.2 Å². The summed E-state index contributed by atoms with van der Waals surface area (Å²) in [6.45, 7) is 5.19. The Morgan fingerprint density at radius 1 is 1.16 bits per heavy atom. The molecule has 4 amide bonds. The van der Waals surface area contributed by atoms with E-state index < -0.39 is 11.6 Å². The Morgan fingerprint density at radius 3 is 2.52 bits per heavy atom. The van der Waals surface area contributed by atoms with Gasteiger partial charge in [-0.25, -0.2) is 4.79 Å². The molecule has 8 heteroatoms. The second-order valence-corrected chi connectivity index (χ2v) is 8.91. The summed E-state index contributed by atoms with van der Waals surface area (Å²) in [5.41, 5.74) is 0.948. The Morgan fingerprint density at radius 2 is 1.87 bits per heavy atom. The van der Waals surface area contributed by atoms with Crippen molar-refractivity contribution in [3.63, 3.8) is 0 Å². The van der Waals surface area contributed by atoms with Gasteiger partial charge in [0.1, 0.15) is 12.1 Å². The fourth-order valence-electron chi connectivity index (χ4n) is 4.97. The molecule has 164 valence electrons. The highest BCUT2D eigenvalue weighted by Gasteiger charge is 2.55. The molecule has 2 atom stereocenters. The number of urea groups is 1. The number of carbonyl (C=O) groups is 3. The first-order valence-corrected chi connectivity index (χ1v) is 11.1. The van der Waals surface area contributed by atoms with Crippen molar-refractivity contribution in [1.82, 2.24) is 20.0 Å². The van der Waals surface area contributed by atoms with Crippen LogP contribution in [0.25, 0.3) is 0 Å². The van der Waals surface area contributed by atoms with E-state index in [1.807, 2.05) is 31.2 Å². The van der Waals surface area contributed by atoms with Crippen molar-refractivity contribution < 1.29 is 14.4 Å². The number of nitrogens with one attached hydrogen (secondary N) is 1. The number of amides is 4. The van der Waals surface area contributed by atoms with Crippen LogP contribution in [0.1, 0.15) is 43.7 Å². The van der Waals surface area contributed by atoms with Crippen molar-refractivity contribution in [1.29, 1.82) is 5.26 Å². The van der Waals surface area contributed by atoms with Gasteiger partial charge in [0.15, 0.2) is 0 Å². The second-order valence-electron chi connectivity index (χ2n) is 8.91. The van der Waals surface area contributed by atoms with Crippen LogP contribution >= 0.6 is 0 Å². The summed E-state index contributed by atoms with van der Waals surface area (Å²) >= 11 is 0. The molecule has 2 heterocycles. The maximum atomic E-state index is 13.1. The molecule has 0 unspecified atom stereocenters. The van der Waals surface area contributed by atoms with E-state index in [1.54, 1.807) is 4.90 Å². The molecule has 2 aliphatic heterocycles. The van der Waals surface area contributed by atoms with Crippen LogP contribution in [0.2, 0.25) is 0 Å². The number of rotatable bonds is 4. The van der Waals surface area contributed by atoms with Crippen molar-refractivity contribution in [2.75, 3.05) is 32.7 Å². The molecule has 4 rings (SSSR count). The summed E-state index contributed by atoms with van der Waals surface area (Å²) < 4.78 is 0. The molecule has 0 radical (unpaired) electrons. The van der Waals surface area contributed by atoms with E-state index in [2.05, 4.69) is 16.3 Å². The molecule has 3 fully saturated rings. The molecule has 1 aliphatic carbocycles. The van der Waals surface area contributed by atoms with E-state index in [0.29, 0.717) is 25.1 Å². The average Bonchev–Trinajstić information content (AvgIpc) is 3.01. The number of carbonyl (C=O) groups excluding carboxylic acids is 3. The highest BCUT2D eigenvalue weighted by Crippen LogP contribution is 2.38.